The molecule has 0 aromatic carbocycles. The van der Waals surface area contributed by atoms with Crippen molar-refractivity contribution < 1.29 is 4.24 Å². The van der Waals surface area contributed by atoms with E-state index in [4.69, 9.17) is 10.7 Å². The third kappa shape index (κ3) is 2.16. The van der Waals surface area contributed by atoms with Gasteiger partial charge >= 0.3 is 0 Å². The second-order valence-corrected chi connectivity index (χ2v) is 5.28. The topological polar surface area (TPSA) is 198 Å². The fourth-order valence-corrected chi connectivity index (χ4v) is 2.88. The Balaban J connectivity index is 2.47. The van der Waals surface area contributed by atoms with E-state index in [9.17, 15) is 26.3 Å². The summed E-state index contributed by atoms with van der Waals surface area (Å²) in [4.78, 5) is 8.34. The average molecular weight is 359 g/mol. The van der Waals surface area contributed by atoms with E-state index in [1.165, 1.54) is 10.3 Å². The molecule has 1 aromatic heterocycles. The van der Waals surface area contributed by atoms with Crippen LogP contribution in [0.2, 0.25) is 0 Å². The summed E-state index contributed by atoms with van der Waals surface area (Å²) in [5.41, 5.74) is -0.874. The van der Waals surface area contributed by atoms with Gasteiger partial charge in [0.1, 0.15) is 58.8 Å². The molecule has 2 aliphatic heterocycles. The molecule has 1 N–H and O–H groups in total. The van der Waals surface area contributed by atoms with Gasteiger partial charge in [-0.25, -0.2) is 0 Å². The molecule has 2 aliphatic rings. The number of aromatic nitrogens is 2. The zero-order valence-corrected chi connectivity index (χ0v) is 13.7. The Labute approximate surface area is 156 Å². The fraction of sp³-hybridized carbons (Fsp3) is 0.0556. The van der Waals surface area contributed by atoms with E-state index >= 15 is 0 Å². The van der Waals surface area contributed by atoms with Crippen LogP contribution in [0.15, 0.2) is 27.8 Å². The molecule has 1 atom stereocenters. The molecule has 0 saturated carbocycles. The number of rotatable bonds is 2. The van der Waals surface area contributed by atoms with Crippen molar-refractivity contribution in [1.82, 2.24) is 4.98 Å². The van der Waals surface area contributed by atoms with E-state index in [2.05, 4.69) is 9.98 Å². The zero-order chi connectivity index (χ0) is 20.4. The van der Waals surface area contributed by atoms with E-state index in [1.54, 1.807) is 18.2 Å². The van der Waals surface area contributed by atoms with Gasteiger partial charge in [-0.1, -0.05) is 4.98 Å². The summed E-state index contributed by atoms with van der Waals surface area (Å²) in [5, 5.41) is 63.2. The van der Waals surface area contributed by atoms with E-state index < -0.39 is 6.04 Å². The average Bonchev–Trinajstić information content (AvgIpc) is 3.25. The van der Waals surface area contributed by atoms with Crippen LogP contribution < -0.4 is 9.73 Å². The first-order valence-corrected chi connectivity index (χ1v) is 7.35. The molecule has 0 spiro atoms. The minimum atomic E-state index is -1.01. The Hall–Kier alpha value is -5.38. The van der Waals surface area contributed by atoms with Crippen LogP contribution >= 0.6 is 0 Å². The molecular weight excluding hydrogens is 356 g/mol. The van der Waals surface area contributed by atoms with Gasteiger partial charge in [0.05, 0.1) is 5.57 Å². The van der Waals surface area contributed by atoms with Gasteiger partial charge in [-0.2, -0.15) is 35.8 Å². The lowest BCUT2D eigenvalue weighted by molar-refractivity contribution is -0.536. The normalized spacial score (nSPS) is 15.6. The van der Waals surface area contributed by atoms with Gasteiger partial charge < -0.3 is 0 Å². The molecule has 1 aromatic rings. The highest BCUT2D eigenvalue weighted by Gasteiger charge is 2.42. The minimum absolute atomic E-state index is 0.000797. The smallest absolute Gasteiger partial charge is 0.258 e. The standard InChI is InChI=1S/C18H3N10/c19-2-9(10(3-20)4-21)1-14-16-11(5-22)12(6-23)17-27-15(8-25)13(7-24)18(26-14)28(16)17/h1,14,20H/q+1/b9-1-. The number of nitrogens with zero attached hydrogens (tertiary/aromatic N) is 9. The highest BCUT2D eigenvalue weighted by Crippen LogP contribution is 2.28. The molecule has 1 unspecified atom stereocenters. The summed E-state index contributed by atoms with van der Waals surface area (Å²) in [6.45, 7) is 0. The van der Waals surface area contributed by atoms with Crippen molar-refractivity contribution in [2.24, 2.45) is 4.99 Å². The maximum absolute atomic E-state index is 9.55. The van der Waals surface area contributed by atoms with Crippen LogP contribution in [0, 0.1) is 79.1 Å². The maximum Gasteiger partial charge on any atom is 0.288 e. The van der Waals surface area contributed by atoms with Crippen LogP contribution in [0.4, 0.5) is 0 Å². The van der Waals surface area contributed by atoms with Crippen molar-refractivity contribution in [3.05, 3.63) is 51.1 Å². The van der Waals surface area contributed by atoms with Gasteiger partial charge in [0, 0.05) is 0 Å². The molecule has 3 rings (SSSR count). The second kappa shape index (κ2) is 6.50. The highest BCUT2D eigenvalue weighted by molar-refractivity contribution is 5.81. The monoisotopic (exact) mass is 359 g/mol. The van der Waals surface area contributed by atoms with E-state index in [0.29, 0.717) is 0 Å². The van der Waals surface area contributed by atoms with Crippen LogP contribution in [0.3, 0.4) is 0 Å². The third-order valence-corrected chi connectivity index (χ3v) is 4.01. The first kappa shape index (κ1) is 17.4. The van der Waals surface area contributed by atoms with Crippen LogP contribution in [-0.4, -0.2) is 16.9 Å². The van der Waals surface area contributed by atoms with Crippen molar-refractivity contribution in [3.8, 4) is 36.4 Å². The molecular formula is C18H3N10+. The van der Waals surface area contributed by atoms with Crippen molar-refractivity contribution in [1.29, 1.82) is 37.0 Å². The van der Waals surface area contributed by atoms with Gasteiger partial charge in [-0.05, 0) is 11.9 Å². The van der Waals surface area contributed by atoms with Crippen molar-refractivity contribution in [2.45, 2.75) is 6.04 Å². The lowest BCUT2D eigenvalue weighted by Crippen LogP contribution is -2.42. The summed E-state index contributed by atoms with van der Waals surface area (Å²) < 4.78 is 1.33. The Morgan fingerprint density at radius 2 is 1.68 bits per heavy atom. The van der Waals surface area contributed by atoms with Gasteiger partial charge in [0.25, 0.3) is 11.3 Å². The summed E-state index contributed by atoms with van der Waals surface area (Å²) in [6, 6.07) is 9.80. The van der Waals surface area contributed by atoms with Crippen molar-refractivity contribution in [2.75, 3.05) is 0 Å². The molecule has 3 heterocycles. The molecule has 0 amide bonds. The predicted octanol–water partition coefficient (Wildman–Crippen LogP) is -0.543. The first-order valence-electron chi connectivity index (χ1n) is 7.35. The third-order valence-electron chi connectivity index (χ3n) is 4.01. The quantitative estimate of drug-likeness (QED) is 0.316. The van der Waals surface area contributed by atoms with Crippen LogP contribution in [0.25, 0.3) is 5.57 Å². The molecule has 0 radical (unpaired) electrons. The lowest BCUT2D eigenvalue weighted by atomic mass is 9.98. The second-order valence-electron chi connectivity index (χ2n) is 5.28. The SMILES string of the molecule is N#CC(=C=N)/C(C#N)=C\C1N=c2c(C#N)c(C#N)nc3[n+]2=C1C(C#N)=C3C#N. The number of nitriles is 6. The number of hydrogen-bond acceptors (Lipinski definition) is 9. The predicted molar refractivity (Wildman–Crippen MR) is 86.1 cm³/mol. The number of nitrogens with one attached hydrogen (secondary N) is 1. The van der Waals surface area contributed by atoms with E-state index in [-0.39, 0.29) is 50.6 Å². The van der Waals surface area contributed by atoms with Crippen LogP contribution in [0.5, 0.6) is 0 Å². The van der Waals surface area contributed by atoms with E-state index in [0.717, 1.165) is 0 Å². The Morgan fingerprint density at radius 3 is 2.18 bits per heavy atom. The van der Waals surface area contributed by atoms with E-state index in [1.807, 2.05) is 24.1 Å². The zero-order valence-electron chi connectivity index (χ0n) is 13.7. The molecule has 0 aliphatic carbocycles. The largest absolute Gasteiger partial charge is 0.288 e. The minimum Gasteiger partial charge on any atom is -0.258 e. The summed E-state index contributed by atoms with van der Waals surface area (Å²) in [7, 11) is 0. The number of hydrogen-bond donors (Lipinski definition) is 1. The summed E-state index contributed by atoms with van der Waals surface area (Å²) >= 11 is 0. The fourth-order valence-electron chi connectivity index (χ4n) is 2.88. The van der Waals surface area contributed by atoms with Gasteiger partial charge in [-0.15, -0.1) is 4.99 Å². The van der Waals surface area contributed by atoms with Gasteiger partial charge in [0.2, 0.25) is 5.69 Å². The molecule has 28 heavy (non-hydrogen) atoms. The lowest BCUT2D eigenvalue weighted by Gasteiger charge is -2.00. The maximum atomic E-state index is 9.55. The highest BCUT2D eigenvalue weighted by atomic mass is 15.1. The Bertz CT molecular complexity index is 1470. The molecule has 124 valence electrons. The molecule has 0 saturated heterocycles. The Morgan fingerprint density at radius 1 is 0.964 bits per heavy atom. The summed E-state index contributed by atoms with van der Waals surface area (Å²) in [5.74, 6) is 1.85. The van der Waals surface area contributed by atoms with Gasteiger partial charge in [0.15, 0.2) is 11.6 Å². The van der Waals surface area contributed by atoms with Crippen molar-refractivity contribution >= 4 is 11.4 Å². The molecule has 10 nitrogen and oxygen atoms in total. The Kier molecular flexibility index (Phi) is 4.05. The summed E-state index contributed by atoms with van der Waals surface area (Å²) in [6.07, 6.45) is 1.23. The molecule has 0 bridgehead atoms. The van der Waals surface area contributed by atoms with Crippen molar-refractivity contribution in [3.63, 3.8) is 0 Å². The van der Waals surface area contributed by atoms with Gasteiger partial charge in [-0.3, -0.25) is 5.41 Å². The van der Waals surface area contributed by atoms with Crippen LogP contribution in [-0.2, 0) is 0 Å². The first-order chi connectivity index (χ1) is 13.6. The molecule has 0 fully saturated rings. The molecule has 10 heteroatoms. The van der Waals surface area contributed by atoms with Crippen LogP contribution in [0.1, 0.15) is 17.1 Å². The number of allylic oxidation sites excluding steroid dienone is 3.